The Balaban J connectivity index is 1.09. The van der Waals surface area contributed by atoms with Gasteiger partial charge in [-0.05, 0) is 43.7 Å². The second kappa shape index (κ2) is 9.18. The third-order valence-electron chi connectivity index (χ3n) is 7.92. The lowest BCUT2D eigenvalue weighted by atomic mass is 9.79. The number of rotatable bonds is 6. The van der Waals surface area contributed by atoms with Gasteiger partial charge in [-0.15, -0.1) is 5.10 Å². The Morgan fingerprint density at radius 3 is 2.85 bits per heavy atom. The van der Waals surface area contributed by atoms with Gasteiger partial charge in [0.05, 0.1) is 34.9 Å². The molecule has 0 radical (unpaired) electrons. The zero-order valence-corrected chi connectivity index (χ0v) is 22.1. The van der Waals surface area contributed by atoms with Gasteiger partial charge >= 0.3 is 0 Å². The lowest BCUT2D eigenvalue weighted by molar-refractivity contribution is 0.00562. The first-order valence-electron chi connectivity index (χ1n) is 13.0. The molecule has 2 saturated heterocycles. The number of pyridine rings is 2. The van der Waals surface area contributed by atoms with E-state index in [9.17, 15) is 9.50 Å². The number of hydrogen-bond acceptors (Lipinski definition) is 7. The Hall–Kier alpha value is -3.73. The topological polar surface area (TPSA) is 94.8 Å². The van der Waals surface area contributed by atoms with Crippen molar-refractivity contribution < 1.29 is 14.2 Å². The van der Waals surface area contributed by atoms with E-state index in [2.05, 4.69) is 26.3 Å². The van der Waals surface area contributed by atoms with Crippen LogP contribution in [-0.2, 0) is 0 Å². The summed E-state index contributed by atoms with van der Waals surface area (Å²) in [4.78, 5) is 8.95. The Labute approximate surface area is 228 Å². The highest BCUT2D eigenvalue weighted by Crippen LogP contribution is 2.44. The van der Waals surface area contributed by atoms with Crippen LogP contribution in [0.3, 0.4) is 0 Å². The molecular formula is C28H27ClFN7O2. The number of halogens is 2. The van der Waals surface area contributed by atoms with Crippen molar-refractivity contribution in [2.75, 3.05) is 37.7 Å². The van der Waals surface area contributed by atoms with Crippen LogP contribution in [0.5, 0.6) is 5.75 Å². The van der Waals surface area contributed by atoms with Crippen LogP contribution < -0.4 is 9.64 Å². The van der Waals surface area contributed by atoms with E-state index >= 15 is 0 Å². The molecule has 5 aromatic rings. The van der Waals surface area contributed by atoms with Gasteiger partial charge in [0.25, 0.3) is 0 Å². The average molecular weight is 548 g/mol. The summed E-state index contributed by atoms with van der Waals surface area (Å²) < 4.78 is 22.0. The van der Waals surface area contributed by atoms with Crippen molar-refractivity contribution in [3.8, 4) is 16.9 Å². The van der Waals surface area contributed by atoms with Gasteiger partial charge in [0.15, 0.2) is 5.65 Å². The zero-order chi connectivity index (χ0) is 26.7. The molecule has 1 atom stereocenters. The van der Waals surface area contributed by atoms with E-state index in [-0.39, 0.29) is 16.0 Å². The normalized spacial score (nSPS) is 17.8. The molecule has 0 amide bonds. The van der Waals surface area contributed by atoms with E-state index < -0.39 is 12.0 Å². The summed E-state index contributed by atoms with van der Waals surface area (Å²) in [5.74, 6) is 1.15. The average Bonchev–Trinajstić information content (AvgIpc) is 3.63. The fourth-order valence-corrected chi connectivity index (χ4v) is 6.30. The van der Waals surface area contributed by atoms with Crippen molar-refractivity contribution in [2.24, 2.45) is 5.41 Å². The van der Waals surface area contributed by atoms with E-state index in [1.165, 1.54) is 6.07 Å². The van der Waals surface area contributed by atoms with Gasteiger partial charge in [-0.25, -0.2) is 13.9 Å². The smallest absolute Gasteiger partial charge is 0.178 e. The van der Waals surface area contributed by atoms with Gasteiger partial charge in [-0.2, -0.15) is 5.10 Å². The van der Waals surface area contributed by atoms with E-state index in [0.717, 1.165) is 53.1 Å². The van der Waals surface area contributed by atoms with E-state index in [4.69, 9.17) is 21.3 Å². The number of anilines is 1. The van der Waals surface area contributed by atoms with Gasteiger partial charge in [0, 0.05) is 54.5 Å². The lowest BCUT2D eigenvalue weighted by Gasteiger charge is -2.49. The number of nitrogens with zero attached hydrogens (tertiary/aromatic N) is 6. The predicted octanol–water partition coefficient (Wildman–Crippen LogP) is 4.67. The summed E-state index contributed by atoms with van der Waals surface area (Å²) in [6.07, 6.45) is 5.41. The van der Waals surface area contributed by atoms with E-state index in [0.29, 0.717) is 25.3 Å². The molecule has 2 aliphatic heterocycles. The fraction of sp³-hybridized carbons (Fsp3) is 0.321. The Bertz CT molecular complexity index is 1660. The molecule has 1 aromatic carbocycles. The number of fused-ring (bicyclic) bond motifs is 3. The first-order valence-corrected chi connectivity index (χ1v) is 13.4. The summed E-state index contributed by atoms with van der Waals surface area (Å²) in [6.45, 7) is 5.54. The lowest BCUT2D eigenvalue weighted by Crippen LogP contribution is -2.58. The summed E-state index contributed by atoms with van der Waals surface area (Å²) in [5.41, 5.74) is 3.78. The quantitative estimate of drug-likeness (QED) is 0.319. The second-order valence-electron chi connectivity index (χ2n) is 10.4. The molecule has 2 N–H and O–H groups in total. The molecule has 200 valence electrons. The Morgan fingerprint density at radius 1 is 1.21 bits per heavy atom. The fourth-order valence-electron chi connectivity index (χ4n) is 6.04. The molecule has 0 bridgehead atoms. The van der Waals surface area contributed by atoms with Crippen molar-refractivity contribution in [2.45, 2.75) is 19.6 Å². The summed E-state index contributed by atoms with van der Waals surface area (Å²) >= 11 is 6.20. The van der Waals surface area contributed by atoms with E-state index in [1.807, 2.05) is 40.9 Å². The van der Waals surface area contributed by atoms with Gasteiger partial charge in [-0.3, -0.25) is 10.00 Å². The van der Waals surface area contributed by atoms with Crippen molar-refractivity contribution in [1.29, 1.82) is 0 Å². The molecule has 1 spiro atoms. The van der Waals surface area contributed by atoms with Crippen LogP contribution in [0.25, 0.3) is 27.7 Å². The maximum absolute atomic E-state index is 14.4. The third-order valence-corrected chi connectivity index (χ3v) is 8.25. The van der Waals surface area contributed by atoms with Crippen molar-refractivity contribution in [1.82, 2.24) is 29.7 Å². The number of aliphatic hydroxyl groups excluding tert-OH is 1. The SMILES string of the molecule is CCOc1cc(-c2ccc(N3CC4(CCN(C(O)c5c(F)cccc5Cl)C4)C3)nc2)c2c3cn[nH]c3nn2c1. The molecule has 0 aliphatic carbocycles. The number of ether oxygens (including phenoxy) is 1. The van der Waals surface area contributed by atoms with Crippen LogP contribution in [0.1, 0.15) is 25.1 Å². The highest BCUT2D eigenvalue weighted by atomic mass is 35.5. The number of hydrogen-bond donors (Lipinski definition) is 2. The number of H-pyrrole nitrogens is 1. The van der Waals surface area contributed by atoms with Crippen molar-refractivity contribution >= 4 is 34.0 Å². The number of likely N-dealkylation sites (tertiary alicyclic amines) is 1. The largest absolute Gasteiger partial charge is 0.492 e. The van der Waals surface area contributed by atoms with Crippen LogP contribution in [0, 0.1) is 11.2 Å². The van der Waals surface area contributed by atoms with Gasteiger partial charge in [0.2, 0.25) is 0 Å². The standard InChI is InChI=1S/C28H27ClFN7O2/c1-2-39-18-10-19(25-20-12-32-33-26(20)34-37(25)13-18)17-6-7-23(31-11-17)36-15-28(16-36)8-9-35(14-28)27(38)24-21(29)4-3-5-22(24)30/h3-7,10-13,27,38H,2,8-9,14-16H2,1H3,(H,33,34). The highest BCUT2D eigenvalue weighted by molar-refractivity contribution is 6.31. The van der Waals surface area contributed by atoms with Gasteiger partial charge in [0.1, 0.15) is 23.6 Å². The van der Waals surface area contributed by atoms with Crippen LogP contribution in [-0.4, -0.2) is 67.6 Å². The molecule has 0 saturated carbocycles. The van der Waals surface area contributed by atoms with Crippen molar-refractivity contribution in [3.63, 3.8) is 0 Å². The zero-order valence-electron chi connectivity index (χ0n) is 21.3. The number of benzene rings is 1. The summed E-state index contributed by atoms with van der Waals surface area (Å²) in [5, 5.41) is 23.7. The Morgan fingerprint density at radius 2 is 2.08 bits per heavy atom. The predicted molar refractivity (Wildman–Crippen MR) is 146 cm³/mol. The monoisotopic (exact) mass is 547 g/mol. The molecule has 39 heavy (non-hydrogen) atoms. The Kier molecular flexibility index (Phi) is 5.73. The van der Waals surface area contributed by atoms with E-state index in [1.54, 1.807) is 18.3 Å². The molecule has 7 rings (SSSR count). The number of aliphatic hydroxyl groups is 1. The van der Waals surface area contributed by atoms with Crippen LogP contribution in [0.4, 0.5) is 10.2 Å². The van der Waals surface area contributed by atoms with Crippen LogP contribution >= 0.6 is 11.6 Å². The molecular weight excluding hydrogens is 521 g/mol. The minimum Gasteiger partial charge on any atom is -0.492 e. The van der Waals surface area contributed by atoms with Crippen LogP contribution in [0.2, 0.25) is 5.02 Å². The number of aromatic amines is 1. The molecule has 2 fully saturated rings. The maximum Gasteiger partial charge on any atom is 0.178 e. The molecule has 2 aliphatic rings. The number of aromatic nitrogens is 5. The van der Waals surface area contributed by atoms with Crippen LogP contribution in [0.15, 0.2) is 55.0 Å². The highest BCUT2D eigenvalue weighted by Gasteiger charge is 2.49. The molecule has 11 heteroatoms. The minimum absolute atomic E-state index is 0.0432. The maximum atomic E-state index is 14.4. The minimum atomic E-state index is -1.06. The third kappa shape index (κ3) is 4.02. The number of nitrogens with one attached hydrogen (secondary N) is 1. The molecule has 1 unspecified atom stereocenters. The molecule has 9 nitrogen and oxygen atoms in total. The first-order chi connectivity index (χ1) is 18.9. The van der Waals surface area contributed by atoms with Crippen molar-refractivity contribution in [3.05, 3.63) is 71.4 Å². The summed E-state index contributed by atoms with van der Waals surface area (Å²) in [7, 11) is 0. The first kappa shape index (κ1) is 24.3. The van der Waals surface area contributed by atoms with Gasteiger partial charge in [-0.1, -0.05) is 17.7 Å². The second-order valence-corrected chi connectivity index (χ2v) is 10.8. The molecule has 4 aromatic heterocycles. The summed E-state index contributed by atoms with van der Waals surface area (Å²) in [6, 6.07) is 10.6. The van der Waals surface area contributed by atoms with Gasteiger partial charge < -0.3 is 14.7 Å². The molecule has 6 heterocycles.